The van der Waals surface area contributed by atoms with Crippen molar-refractivity contribution >= 4 is 16.9 Å². The molecule has 3 heterocycles. The average molecular weight is 311 g/mol. The van der Waals surface area contributed by atoms with Crippen LogP contribution in [-0.4, -0.2) is 20.3 Å². The summed E-state index contributed by atoms with van der Waals surface area (Å²) in [4.78, 5) is 4.80. The first-order valence-electron chi connectivity index (χ1n) is 7.96. The lowest BCUT2D eigenvalue weighted by Gasteiger charge is -2.32. The summed E-state index contributed by atoms with van der Waals surface area (Å²) in [6.07, 6.45) is 3.08. The topological polar surface area (TPSA) is 93.6 Å². The first-order valence-corrected chi connectivity index (χ1v) is 7.96. The molecule has 6 nitrogen and oxygen atoms in total. The molecule has 0 saturated carbocycles. The Labute approximate surface area is 134 Å². The van der Waals surface area contributed by atoms with E-state index in [9.17, 15) is 0 Å². The number of fused-ring (bicyclic) bond motifs is 3. The van der Waals surface area contributed by atoms with Crippen molar-refractivity contribution in [2.24, 2.45) is 5.41 Å². The zero-order chi connectivity index (χ0) is 16.4. The lowest BCUT2D eigenvalue weighted by molar-refractivity contribution is 0.317. The number of H-pyrrole nitrogens is 1. The van der Waals surface area contributed by atoms with Gasteiger partial charge in [-0.25, -0.2) is 4.98 Å². The van der Waals surface area contributed by atoms with Gasteiger partial charge in [-0.2, -0.15) is 5.10 Å². The molecule has 0 atom stereocenters. The number of nitrogen functional groups attached to an aromatic ring is 1. The second-order valence-electron chi connectivity index (χ2n) is 7.29. The Morgan fingerprint density at radius 3 is 2.70 bits per heavy atom. The molecule has 0 fully saturated rings. The van der Waals surface area contributed by atoms with E-state index in [2.05, 4.69) is 29.2 Å². The van der Waals surface area contributed by atoms with E-state index in [4.69, 9.17) is 15.2 Å². The normalized spacial score (nSPS) is 16.7. The van der Waals surface area contributed by atoms with E-state index in [1.165, 1.54) is 11.1 Å². The molecule has 3 N–H and O–H groups in total. The van der Waals surface area contributed by atoms with Gasteiger partial charge in [0.25, 0.3) is 0 Å². The lowest BCUT2D eigenvalue weighted by atomic mass is 9.73. The van der Waals surface area contributed by atoms with Crippen LogP contribution in [0.5, 0.6) is 0 Å². The van der Waals surface area contributed by atoms with E-state index in [0.717, 1.165) is 47.4 Å². The summed E-state index contributed by atoms with van der Waals surface area (Å²) >= 11 is 0. The fourth-order valence-electron chi connectivity index (χ4n) is 3.71. The van der Waals surface area contributed by atoms with Crippen LogP contribution in [-0.2, 0) is 12.8 Å². The average Bonchev–Trinajstić information content (AvgIpc) is 3.00. The van der Waals surface area contributed by atoms with Crippen LogP contribution in [0.4, 0.5) is 5.82 Å². The SMILES string of the molecule is Cc1noc(C)c1-c1nc2n[nH]c(N)c2c2c1CCC(C)(C)C2. The molecule has 0 saturated heterocycles. The summed E-state index contributed by atoms with van der Waals surface area (Å²) in [6.45, 7) is 8.48. The van der Waals surface area contributed by atoms with Crippen LogP contribution in [0.15, 0.2) is 4.52 Å². The molecule has 1 aliphatic rings. The van der Waals surface area contributed by atoms with Gasteiger partial charge in [-0.1, -0.05) is 19.0 Å². The highest BCUT2D eigenvalue weighted by Crippen LogP contribution is 2.43. The molecular formula is C17H21N5O. The van der Waals surface area contributed by atoms with Crippen molar-refractivity contribution in [1.29, 1.82) is 0 Å². The van der Waals surface area contributed by atoms with Gasteiger partial charge in [-0.05, 0) is 49.7 Å². The van der Waals surface area contributed by atoms with E-state index in [0.29, 0.717) is 11.5 Å². The molecular weight excluding hydrogens is 290 g/mol. The predicted octanol–water partition coefficient (Wildman–Crippen LogP) is 3.33. The fourth-order valence-corrected chi connectivity index (χ4v) is 3.71. The Morgan fingerprint density at radius 2 is 2.00 bits per heavy atom. The second-order valence-corrected chi connectivity index (χ2v) is 7.29. The van der Waals surface area contributed by atoms with E-state index < -0.39 is 0 Å². The molecule has 0 bridgehead atoms. The molecule has 0 aromatic carbocycles. The maximum Gasteiger partial charge on any atom is 0.183 e. The van der Waals surface area contributed by atoms with Gasteiger partial charge in [-0.15, -0.1) is 0 Å². The number of pyridine rings is 1. The van der Waals surface area contributed by atoms with Crippen LogP contribution < -0.4 is 5.73 Å². The third-order valence-corrected chi connectivity index (χ3v) is 4.92. The highest BCUT2D eigenvalue weighted by atomic mass is 16.5. The highest BCUT2D eigenvalue weighted by molar-refractivity contribution is 5.93. The summed E-state index contributed by atoms with van der Waals surface area (Å²) in [7, 11) is 0. The number of anilines is 1. The highest BCUT2D eigenvalue weighted by Gasteiger charge is 2.32. The Morgan fingerprint density at radius 1 is 1.22 bits per heavy atom. The van der Waals surface area contributed by atoms with Crippen molar-refractivity contribution < 1.29 is 4.52 Å². The summed E-state index contributed by atoms with van der Waals surface area (Å²) < 4.78 is 5.36. The molecule has 0 unspecified atom stereocenters. The van der Waals surface area contributed by atoms with Gasteiger partial charge >= 0.3 is 0 Å². The number of nitrogens with two attached hydrogens (primary N) is 1. The van der Waals surface area contributed by atoms with Gasteiger partial charge in [0.05, 0.1) is 22.3 Å². The van der Waals surface area contributed by atoms with E-state index >= 15 is 0 Å². The van der Waals surface area contributed by atoms with Gasteiger partial charge in [-0.3, -0.25) is 5.10 Å². The molecule has 6 heteroatoms. The van der Waals surface area contributed by atoms with Gasteiger partial charge in [0.2, 0.25) is 0 Å². The third kappa shape index (κ3) is 2.04. The summed E-state index contributed by atoms with van der Waals surface area (Å²) in [5.74, 6) is 1.40. The van der Waals surface area contributed by atoms with Gasteiger partial charge in [0.1, 0.15) is 11.6 Å². The Bertz CT molecular complexity index is 899. The molecule has 4 rings (SSSR count). The van der Waals surface area contributed by atoms with E-state index in [1.54, 1.807) is 0 Å². The standard InChI is InChI=1S/C17H21N5O/c1-8-12(9(2)23-22-8)14-10-5-6-17(3,4)7-11(10)13-15(18)20-21-16(13)19-14/h5-7H2,1-4H3,(H3,18,19,20,21). The number of hydrogen-bond donors (Lipinski definition) is 2. The number of aromatic nitrogens is 4. The van der Waals surface area contributed by atoms with Crippen LogP contribution in [0, 0.1) is 19.3 Å². The molecule has 0 spiro atoms. The molecule has 1 aliphatic carbocycles. The molecule has 3 aromatic heterocycles. The second kappa shape index (κ2) is 4.57. The van der Waals surface area contributed by atoms with Gasteiger partial charge < -0.3 is 10.3 Å². The first kappa shape index (κ1) is 14.2. The van der Waals surface area contributed by atoms with Gasteiger partial charge in [0.15, 0.2) is 5.65 Å². The van der Waals surface area contributed by atoms with E-state index in [-0.39, 0.29) is 5.41 Å². The maximum absolute atomic E-state index is 6.13. The van der Waals surface area contributed by atoms with Crippen LogP contribution in [0.3, 0.4) is 0 Å². The van der Waals surface area contributed by atoms with Crippen molar-refractivity contribution in [3.8, 4) is 11.3 Å². The lowest BCUT2D eigenvalue weighted by Crippen LogP contribution is -2.23. The molecule has 23 heavy (non-hydrogen) atoms. The number of hydrogen-bond acceptors (Lipinski definition) is 5. The first-order chi connectivity index (χ1) is 10.9. The maximum atomic E-state index is 6.13. The number of rotatable bonds is 1. The minimum absolute atomic E-state index is 0.251. The van der Waals surface area contributed by atoms with Crippen LogP contribution in [0.25, 0.3) is 22.3 Å². The Balaban J connectivity index is 2.08. The molecule has 0 amide bonds. The minimum Gasteiger partial charge on any atom is -0.384 e. The predicted molar refractivity (Wildman–Crippen MR) is 89.1 cm³/mol. The Kier molecular flexibility index (Phi) is 2.83. The molecule has 3 aromatic rings. The zero-order valence-electron chi connectivity index (χ0n) is 13.9. The Hall–Kier alpha value is -2.37. The summed E-state index contributed by atoms with van der Waals surface area (Å²) in [5, 5.41) is 12.2. The van der Waals surface area contributed by atoms with Crippen molar-refractivity contribution in [2.45, 2.75) is 47.0 Å². The monoisotopic (exact) mass is 311 g/mol. The quantitative estimate of drug-likeness (QED) is 0.719. The van der Waals surface area contributed by atoms with Crippen molar-refractivity contribution in [3.05, 3.63) is 22.6 Å². The largest absolute Gasteiger partial charge is 0.384 e. The molecule has 0 aliphatic heterocycles. The number of nitrogens with one attached hydrogen (secondary N) is 1. The van der Waals surface area contributed by atoms with Crippen LogP contribution in [0.2, 0.25) is 0 Å². The molecule has 0 radical (unpaired) electrons. The van der Waals surface area contributed by atoms with E-state index in [1.807, 2.05) is 13.8 Å². The minimum atomic E-state index is 0.251. The van der Waals surface area contributed by atoms with Crippen LogP contribution in [0.1, 0.15) is 42.8 Å². The number of aryl methyl sites for hydroxylation is 2. The van der Waals surface area contributed by atoms with Crippen molar-refractivity contribution in [3.63, 3.8) is 0 Å². The zero-order valence-corrected chi connectivity index (χ0v) is 13.9. The summed E-state index contributed by atoms with van der Waals surface area (Å²) in [6, 6.07) is 0. The number of aromatic amines is 1. The third-order valence-electron chi connectivity index (χ3n) is 4.92. The van der Waals surface area contributed by atoms with Crippen molar-refractivity contribution in [2.75, 3.05) is 5.73 Å². The number of nitrogens with zero attached hydrogens (tertiary/aromatic N) is 3. The summed E-state index contributed by atoms with van der Waals surface area (Å²) in [5.41, 5.74) is 12.4. The smallest absolute Gasteiger partial charge is 0.183 e. The van der Waals surface area contributed by atoms with Crippen LogP contribution >= 0.6 is 0 Å². The molecule has 120 valence electrons. The fraction of sp³-hybridized carbons (Fsp3) is 0.471. The van der Waals surface area contributed by atoms with Crippen molar-refractivity contribution in [1.82, 2.24) is 20.3 Å². The van der Waals surface area contributed by atoms with Gasteiger partial charge in [0, 0.05) is 0 Å².